The van der Waals surface area contributed by atoms with Crippen LogP contribution >= 0.6 is 0 Å². The third-order valence-electron chi connectivity index (χ3n) is 8.33. The van der Waals surface area contributed by atoms with E-state index in [2.05, 4.69) is 27.7 Å². The number of rotatable bonds is 30. The molecule has 0 rings (SSSR count). The molecule has 0 aliphatic heterocycles. The average Bonchev–Trinajstić information content (AvgIpc) is 2.85. The normalized spacial score (nSPS) is 11.7. The van der Waals surface area contributed by atoms with Crippen molar-refractivity contribution in [2.75, 3.05) is 26.2 Å². The van der Waals surface area contributed by atoms with Gasteiger partial charge in [-0.3, -0.25) is 0 Å². The minimum atomic E-state index is 0. The van der Waals surface area contributed by atoms with Gasteiger partial charge in [0.25, 0.3) is 0 Å². The van der Waals surface area contributed by atoms with E-state index in [1.54, 1.807) is 0 Å². The van der Waals surface area contributed by atoms with Crippen molar-refractivity contribution in [1.29, 1.82) is 0 Å². The van der Waals surface area contributed by atoms with Gasteiger partial charge in [-0.15, -0.1) is 0 Å². The summed E-state index contributed by atoms with van der Waals surface area (Å²) in [5.74, 6) is 0. The van der Waals surface area contributed by atoms with Crippen molar-refractivity contribution in [3.05, 3.63) is 0 Å². The Balaban J connectivity index is 0. The highest BCUT2D eigenvalue weighted by Crippen LogP contribution is 2.17. The van der Waals surface area contributed by atoms with E-state index in [-0.39, 0.29) is 17.0 Å². The van der Waals surface area contributed by atoms with Gasteiger partial charge in [0.05, 0.1) is 26.2 Å². The molecule has 0 radical (unpaired) electrons. The van der Waals surface area contributed by atoms with Gasteiger partial charge in [-0.25, -0.2) is 0 Å². The van der Waals surface area contributed by atoms with Crippen molar-refractivity contribution in [2.24, 2.45) is 0 Å². The molecule has 0 unspecified atom stereocenters. The molecule has 220 valence electrons. The van der Waals surface area contributed by atoms with Gasteiger partial charge in [-0.1, -0.05) is 163 Å². The van der Waals surface area contributed by atoms with Gasteiger partial charge in [-0.2, -0.15) is 0 Å². The minimum Gasteiger partial charge on any atom is -1.00 e. The zero-order valence-corrected chi connectivity index (χ0v) is 27.6. The SMILES string of the molecule is CCCCCCCCCCCCCCCCCCCCCCCCC[N+](CCC)(CCC)CCC.[Br-]. The molecular formula is C34H72BrN. The highest BCUT2D eigenvalue weighted by Gasteiger charge is 2.23. The molecular weight excluding hydrogens is 502 g/mol. The molecule has 0 aromatic rings. The maximum absolute atomic E-state index is 2.37. The molecule has 36 heavy (non-hydrogen) atoms. The molecule has 0 fully saturated rings. The third kappa shape index (κ3) is 26.1. The molecule has 0 aromatic carbocycles. The predicted molar refractivity (Wildman–Crippen MR) is 162 cm³/mol. The first-order valence-electron chi connectivity index (χ1n) is 17.1. The van der Waals surface area contributed by atoms with Crippen LogP contribution in [-0.2, 0) is 0 Å². The van der Waals surface area contributed by atoms with Crippen LogP contribution in [0, 0.1) is 0 Å². The zero-order chi connectivity index (χ0) is 25.7. The topological polar surface area (TPSA) is 0 Å². The molecule has 0 N–H and O–H groups in total. The van der Waals surface area contributed by atoms with E-state index in [0.717, 1.165) is 0 Å². The summed E-state index contributed by atoms with van der Waals surface area (Å²) in [5, 5.41) is 0. The molecule has 0 bridgehead atoms. The highest BCUT2D eigenvalue weighted by atomic mass is 79.9. The molecule has 0 aliphatic carbocycles. The summed E-state index contributed by atoms with van der Waals surface area (Å²) in [6, 6.07) is 0. The van der Waals surface area contributed by atoms with E-state index in [1.165, 1.54) is 198 Å². The lowest BCUT2D eigenvalue weighted by Gasteiger charge is -2.38. The standard InChI is InChI=1S/C34H72N.BrH/c1-5-9-10-11-12-13-14-15-16-17-18-19-20-21-22-23-24-25-26-27-28-29-30-34-35(31-6-2,32-7-3)33-8-4;/h5-34H2,1-4H3;1H/q+1;/p-1. The van der Waals surface area contributed by atoms with Crippen LogP contribution in [-0.4, -0.2) is 30.7 Å². The quantitative estimate of drug-likeness (QED) is 0.0593. The molecule has 0 saturated carbocycles. The fraction of sp³-hybridized carbons (Fsp3) is 1.00. The fourth-order valence-corrected chi connectivity index (χ4v) is 6.33. The Bertz CT molecular complexity index is 366. The summed E-state index contributed by atoms with van der Waals surface area (Å²) < 4.78 is 1.41. The average molecular weight is 575 g/mol. The second-order valence-electron chi connectivity index (χ2n) is 12.0. The Morgan fingerprint density at radius 3 is 0.694 bits per heavy atom. The van der Waals surface area contributed by atoms with Gasteiger partial charge in [-0.05, 0) is 32.1 Å². The van der Waals surface area contributed by atoms with Gasteiger partial charge in [0.15, 0.2) is 0 Å². The summed E-state index contributed by atoms with van der Waals surface area (Å²) >= 11 is 0. The van der Waals surface area contributed by atoms with Crippen LogP contribution in [0.3, 0.4) is 0 Å². The van der Waals surface area contributed by atoms with Crippen molar-refractivity contribution in [1.82, 2.24) is 0 Å². The number of hydrogen-bond donors (Lipinski definition) is 0. The number of nitrogens with zero attached hydrogens (tertiary/aromatic N) is 1. The zero-order valence-electron chi connectivity index (χ0n) is 26.0. The van der Waals surface area contributed by atoms with Crippen molar-refractivity contribution in [2.45, 2.75) is 195 Å². The van der Waals surface area contributed by atoms with E-state index in [9.17, 15) is 0 Å². The maximum atomic E-state index is 2.37. The van der Waals surface area contributed by atoms with Crippen molar-refractivity contribution in [3.63, 3.8) is 0 Å². The van der Waals surface area contributed by atoms with Crippen LogP contribution in [0.2, 0.25) is 0 Å². The lowest BCUT2D eigenvalue weighted by molar-refractivity contribution is -0.928. The van der Waals surface area contributed by atoms with E-state index in [4.69, 9.17) is 0 Å². The second-order valence-corrected chi connectivity index (χ2v) is 12.0. The summed E-state index contributed by atoms with van der Waals surface area (Å²) in [7, 11) is 0. The van der Waals surface area contributed by atoms with Crippen molar-refractivity contribution >= 4 is 0 Å². The fourth-order valence-electron chi connectivity index (χ4n) is 6.33. The molecule has 0 atom stereocenters. The number of halogens is 1. The molecule has 0 saturated heterocycles. The van der Waals surface area contributed by atoms with Crippen LogP contribution < -0.4 is 17.0 Å². The Hall–Kier alpha value is 0.440. The van der Waals surface area contributed by atoms with Crippen molar-refractivity contribution < 1.29 is 21.5 Å². The Morgan fingerprint density at radius 2 is 0.472 bits per heavy atom. The summed E-state index contributed by atoms with van der Waals surface area (Å²) in [6.45, 7) is 15.1. The number of quaternary nitrogens is 1. The molecule has 0 aliphatic rings. The van der Waals surface area contributed by atoms with E-state index >= 15 is 0 Å². The molecule has 1 nitrogen and oxygen atoms in total. The first-order chi connectivity index (χ1) is 17.2. The largest absolute Gasteiger partial charge is 1.00 e. The third-order valence-corrected chi connectivity index (χ3v) is 8.33. The lowest BCUT2D eigenvalue weighted by Crippen LogP contribution is -3.00. The smallest absolute Gasteiger partial charge is 0.0786 e. The van der Waals surface area contributed by atoms with E-state index in [0.29, 0.717) is 0 Å². The number of hydrogen-bond acceptors (Lipinski definition) is 0. The first kappa shape index (κ1) is 38.6. The second kappa shape index (κ2) is 31.7. The Labute approximate surface area is 241 Å². The monoisotopic (exact) mass is 573 g/mol. The predicted octanol–water partition coefficient (Wildman–Crippen LogP) is 9.03. The van der Waals surface area contributed by atoms with Gasteiger partial charge >= 0.3 is 0 Å². The van der Waals surface area contributed by atoms with Crippen LogP contribution in [0.5, 0.6) is 0 Å². The Kier molecular flexibility index (Phi) is 33.9. The van der Waals surface area contributed by atoms with Crippen molar-refractivity contribution in [3.8, 4) is 0 Å². The number of unbranched alkanes of at least 4 members (excludes halogenated alkanes) is 22. The Morgan fingerprint density at radius 1 is 0.250 bits per heavy atom. The maximum Gasteiger partial charge on any atom is 0.0786 e. The van der Waals surface area contributed by atoms with Crippen LogP contribution in [0.15, 0.2) is 0 Å². The summed E-state index contributed by atoms with van der Waals surface area (Å²) in [4.78, 5) is 0. The first-order valence-corrected chi connectivity index (χ1v) is 17.1. The molecule has 0 spiro atoms. The minimum absolute atomic E-state index is 0. The van der Waals surface area contributed by atoms with Crippen LogP contribution in [0.25, 0.3) is 0 Å². The van der Waals surface area contributed by atoms with Gasteiger partial charge in [0.2, 0.25) is 0 Å². The molecule has 0 aromatic heterocycles. The summed E-state index contributed by atoms with van der Waals surface area (Å²) in [6.07, 6.45) is 38.0. The molecule has 2 heteroatoms. The molecule has 0 heterocycles. The molecule has 0 amide bonds. The van der Waals surface area contributed by atoms with E-state index < -0.39 is 0 Å². The van der Waals surface area contributed by atoms with Crippen LogP contribution in [0.4, 0.5) is 0 Å². The van der Waals surface area contributed by atoms with Gasteiger partial charge < -0.3 is 21.5 Å². The summed E-state index contributed by atoms with van der Waals surface area (Å²) in [5.41, 5.74) is 0. The van der Waals surface area contributed by atoms with Gasteiger partial charge in [0, 0.05) is 0 Å². The van der Waals surface area contributed by atoms with Gasteiger partial charge in [0.1, 0.15) is 0 Å². The van der Waals surface area contributed by atoms with E-state index in [1.807, 2.05) is 0 Å². The lowest BCUT2D eigenvalue weighted by atomic mass is 10.0. The highest BCUT2D eigenvalue weighted by molar-refractivity contribution is 4.52. The van der Waals surface area contributed by atoms with Crippen LogP contribution in [0.1, 0.15) is 195 Å².